The average Bonchev–Trinajstić information content (AvgIpc) is 2.65. The van der Waals surface area contributed by atoms with Crippen molar-refractivity contribution in [3.63, 3.8) is 0 Å². The number of nitrogens with two attached hydrogens (primary N) is 1. The zero-order valence-electron chi connectivity index (χ0n) is 11.2. The molecule has 1 aromatic rings. The summed E-state index contributed by atoms with van der Waals surface area (Å²) in [6, 6.07) is 4.88. The van der Waals surface area contributed by atoms with Gasteiger partial charge in [0.25, 0.3) is 0 Å². The third kappa shape index (κ3) is 1.99. The van der Waals surface area contributed by atoms with Gasteiger partial charge in [0.05, 0.1) is 16.1 Å². The molecule has 0 atom stereocenters. The lowest BCUT2D eigenvalue weighted by Crippen LogP contribution is -2.37. The lowest BCUT2D eigenvalue weighted by atomic mass is 9.73. The van der Waals surface area contributed by atoms with Crippen LogP contribution < -0.4 is 10.6 Å². The van der Waals surface area contributed by atoms with Gasteiger partial charge in [-0.25, -0.2) is 4.90 Å². The minimum Gasteiger partial charge on any atom is -0.399 e. The summed E-state index contributed by atoms with van der Waals surface area (Å²) in [6.07, 6.45) is 5.07. The highest BCUT2D eigenvalue weighted by Gasteiger charge is 2.52. The smallest absolute Gasteiger partial charge is 0.240 e. The first-order valence-corrected chi connectivity index (χ1v) is 7.34. The van der Waals surface area contributed by atoms with E-state index in [1.807, 2.05) is 0 Å². The normalized spacial score (nSPS) is 21.8. The van der Waals surface area contributed by atoms with Gasteiger partial charge < -0.3 is 5.73 Å². The summed E-state index contributed by atoms with van der Waals surface area (Å²) in [7, 11) is 0. The summed E-state index contributed by atoms with van der Waals surface area (Å²) in [5.74, 6) is -0.265. The molecule has 1 saturated heterocycles. The van der Waals surface area contributed by atoms with Gasteiger partial charge in [-0.15, -0.1) is 0 Å². The van der Waals surface area contributed by atoms with E-state index >= 15 is 0 Å². The Bertz CT molecular complexity index is 579. The molecule has 2 N–H and O–H groups in total. The van der Waals surface area contributed by atoms with E-state index in [9.17, 15) is 9.59 Å². The predicted octanol–water partition coefficient (Wildman–Crippen LogP) is 3.14. The summed E-state index contributed by atoms with van der Waals surface area (Å²) < 4.78 is 0. The zero-order valence-corrected chi connectivity index (χ0v) is 11.9. The van der Waals surface area contributed by atoms with Gasteiger partial charge >= 0.3 is 0 Å². The number of carbonyl (C=O) groups excluding carboxylic acids is 2. The molecule has 2 fully saturated rings. The van der Waals surface area contributed by atoms with Crippen molar-refractivity contribution in [1.82, 2.24) is 0 Å². The highest BCUT2D eigenvalue weighted by molar-refractivity contribution is 6.36. The Morgan fingerprint density at radius 3 is 2.55 bits per heavy atom. The van der Waals surface area contributed by atoms with Crippen molar-refractivity contribution < 1.29 is 9.59 Å². The number of hydrogen-bond donors (Lipinski definition) is 1. The molecular weight excluding hydrogens is 276 g/mol. The Balaban J connectivity index is 2.00. The van der Waals surface area contributed by atoms with E-state index in [2.05, 4.69) is 0 Å². The Morgan fingerprint density at radius 1 is 1.15 bits per heavy atom. The minimum absolute atomic E-state index is 0.102. The van der Waals surface area contributed by atoms with Gasteiger partial charge in [-0.2, -0.15) is 0 Å². The molecule has 1 aliphatic carbocycles. The molecule has 0 bridgehead atoms. The summed E-state index contributed by atoms with van der Waals surface area (Å²) in [4.78, 5) is 26.3. The number of nitrogen functional groups attached to an aromatic ring is 1. The molecule has 3 rings (SSSR count). The van der Waals surface area contributed by atoms with Gasteiger partial charge in [-0.1, -0.05) is 30.9 Å². The molecule has 0 radical (unpaired) electrons. The quantitative estimate of drug-likeness (QED) is 0.639. The summed E-state index contributed by atoms with van der Waals surface area (Å²) >= 11 is 6.13. The van der Waals surface area contributed by atoms with Crippen LogP contribution in [0.25, 0.3) is 0 Å². The number of benzene rings is 1. The fraction of sp³-hybridized carbons (Fsp3) is 0.467. The number of hydrogen-bond acceptors (Lipinski definition) is 3. The van der Waals surface area contributed by atoms with Gasteiger partial charge in [-0.05, 0) is 31.0 Å². The summed E-state index contributed by atoms with van der Waals surface area (Å²) in [5.41, 5.74) is 6.17. The molecule has 0 aromatic heterocycles. The molecule has 106 valence electrons. The van der Waals surface area contributed by atoms with E-state index in [-0.39, 0.29) is 11.8 Å². The van der Waals surface area contributed by atoms with Crippen molar-refractivity contribution in [2.24, 2.45) is 5.41 Å². The Hall–Kier alpha value is -1.55. The Morgan fingerprint density at radius 2 is 1.85 bits per heavy atom. The second-order valence-corrected chi connectivity index (χ2v) is 6.17. The highest BCUT2D eigenvalue weighted by atomic mass is 35.5. The molecule has 1 saturated carbocycles. The van der Waals surface area contributed by atoms with Crippen molar-refractivity contribution >= 4 is 34.8 Å². The van der Waals surface area contributed by atoms with Crippen LogP contribution in [-0.2, 0) is 9.59 Å². The third-order valence-corrected chi connectivity index (χ3v) is 4.74. The average molecular weight is 293 g/mol. The van der Waals surface area contributed by atoms with Crippen LogP contribution in [0.4, 0.5) is 11.4 Å². The van der Waals surface area contributed by atoms with E-state index < -0.39 is 5.41 Å². The maximum atomic E-state index is 12.8. The second kappa shape index (κ2) is 4.77. The van der Waals surface area contributed by atoms with E-state index in [0.29, 0.717) is 22.8 Å². The van der Waals surface area contributed by atoms with Gasteiger partial charge in [0.2, 0.25) is 11.8 Å². The van der Waals surface area contributed by atoms with Gasteiger partial charge in [-0.3, -0.25) is 9.59 Å². The number of amides is 2. The van der Waals surface area contributed by atoms with Crippen molar-refractivity contribution in [3.8, 4) is 0 Å². The molecule has 1 aromatic carbocycles. The van der Waals surface area contributed by atoms with Crippen LogP contribution in [0.15, 0.2) is 18.2 Å². The van der Waals surface area contributed by atoms with Crippen LogP contribution in [0.2, 0.25) is 5.02 Å². The van der Waals surface area contributed by atoms with Crippen LogP contribution in [0.5, 0.6) is 0 Å². The molecule has 5 heteroatoms. The fourth-order valence-electron chi connectivity index (χ4n) is 3.36. The van der Waals surface area contributed by atoms with Gasteiger partial charge in [0.1, 0.15) is 0 Å². The molecule has 1 spiro atoms. The molecule has 4 nitrogen and oxygen atoms in total. The SMILES string of the molecule is Nc1ccc(Cl)c(N2C(=O)CC3(CCCCC3)C2=O)c1. The molecule has 2 aliphatic rings. The number of nitrogens with zero attached hydrogens (tertiary/aromatic N) is 1. The minimum atomic E-state index is -0.497. The molecule has 1 aliphatic heterocycles. The third-order valence-electron chi connectivity index (χ3n) is 4.42. The molecule has 20 heavy (non-hydrogen) atoms. The maximum Gasteiger partial charge on any atom is 0.240 e. The first-order chi connectivity index (χ1) is 9.53. The molecule has 1 heterocycles. The van der Waals surface area contributed by atoms with E-state index in [4.69, 9.17) is 17.3 Å². The lowest BCUT2D eigenvalue weighted by Gasteiger charge is -2.30. The van der Waals surface area contributed by atoms with Crippen molar-refractivity contribution in [3.05, 3.63) is 23.2 Å². The topological polar surface area (TPSA) is 63.4 Å². The standard InChI is InChI=1S/C15H17ClN2O2/c16-11-5-4-10(17)8-12(11)18-13(19)9-15(14(18)20)6-2-1-3-7-15/h4-5,8H,1-3,6-7,9,17H2. The first kappa shape index (κ1) is 13.4. The Kier molecular flexibility index (Phi) is 3.21. The zero-order chi connectivity index (χ0) is 14.3. The van der Waals surface area contributed by atoms with Crippen molar-refractivity contribution in [1.29, 1.82) is 0 Å². The first-order valence-electron chi connectivity index (χ1n) is 6.96. The lowest BCUT2D eigenvalue weighted by molar-refractivity contribution is -0.127. The number of carbonyl (C=O) groups is 2. The molecular formula is C15H17ClN2O2. The van der Waals surface area contributed by atoms with E-state index in [1.54, 1.807) is 18.2 Å². The van der Waals surface area contributed by atoms with Crippen LogP contribution in [0.3, 0.4) is 0 Å². The number of anilines is 2. The van der Waals surface area contributed by atoms with E-state index in [1.165, 1.54) is 4.90 Å². The van der Waals surface area contributed by atoms with Crippen molar-refractivity contribution in [2.45, 2.75) is 38.5 Å². The van der Waals surface area contributed by atoms with E-state index in [0.717, 1.165) is 32.1 Å². The van der Waals surface area contributed by atoms with Gasteiger partial charge in [0.15, 0.2) is 0 Å². The largest absolute Gasteiger partial charge is 0.399 e. The number of imide groups is 1. The summed E-state index contributed by atoms with van der Waals surface area (Å²) in [5, 5.41) is 0.383. The van der Waals surface area contributed by atoms with Crippen LogP contribution in [-0.4, -0.2) is 11.8 Å². The predicted molar refractivity (Wildman–Crippen MR) is 78.5 cm³/mol. The molecule has 0 unspecified atom stereocenters. The second-order valence-electron chi connectivity index (χ2n) is 5.76. The van der Waals surface area contributed by atoms with Crippen molar-refractivity contribution in [2.75, 3.05) is 10.6 Å². The number of halogens is 1. The number of rotatable bonds is 1. The summed E-state index contributed by atoms with van der Waals surface area (Å²) in [6.45, 7) is 0. The highest BCUT2D eigenvalue weighted by Crippen LogP contribution is 2.47. The maximum absolute atomic E-state index is 12.8. The van der Waals surface area contributed by atoms with Gasteiger partial charge in [0, 0.05) is 12.1 Å². The fourth-order valence-corrected chi connectivity index (χ4v) is 3.56. The van der Waals surface area contributed by atoms with Crippen LogP contribution in [0, 0.1) is 5.41 Å². The Labute approximate surface area is 122 Å². The van der Waals surface area contributed by atoms with Crippen LogP contribution in [0.1, 0.15) is 38.5 Å². The van der Waals surface area contributed by atoms with Crippen LogP contribution >= 0.6 is 11.6 Å². The molecule has 2 amide bonds. The monoisotopic (exact) mass is 292 g/mol.